The van der Waals surface area contributed by atoms with Crippen LogP contribution in [0.2, 0.25) is 0 Å². The Bertz CT molecular complexity index is 847. The van der Waals surface area contributed by atoms with E-state index in [0.29, 0.717) is 18.7 Å². The zero-order valence-corrected chi connectivity index (χ0v) is 14.8. The highest BCUT2D eigenvalue weighted by Gasteiger charge is 2.33. The van der Waals surface area contributed by atoms with Crippen LogP contribution in [0.3, 0.4) is 0 Å². The van der Waals surface area contributed by atoms with Gasteiger partial charge in [-0.3, -0.25) is 19.4 Å². The Balaban J connectivity index is 1.84. The lowest BCUT2D eigenvalue weighted by atomic mass is 10.1. The van der Waals surface area contributed by atoms with Crippen molar-refractivity contribution in [3.8, 4) is 0 Å². The first-order valence-corrected chi connectivity index (χ1v) is 8.88. The second-order valence-corrected chi connectivity index (χ2v) is 7.06. The van der Waals surface area contributed by atoms with E-state index in [4.69, 9.17) is 0 Å². The van der Waals surface area contributed by atoms with Crippen LogP contribution < -0.4 is 4.90 Å². The molecule has 0 unspecified atom stereocenters. The first kappa shape index (κ1) is 16.1. The highest BCUT2D eigenvalue weighted by Crippen LogP contribution is 2.39. The molecule has 0 spiro atoms. The number of anilines is 2. The summed E-state index contributed by atoms with van der Waals surface area (Å²) in [6, 6.07) is 7.76. The fraction of sp³-hybridized carbons (Fsp3) is 0.400. The highest BCUT2D eigenvalue weighted by molar-refractivity contribution is 6.13. The summed E-state index contributed by atoms with van der Waals surface area (Å²) in [7, 11) is 1.88. The molecule has 1 aromatic heterocycles. The van der Waals surface area contributed by atoms with Crippen LogP contribution in [0.4, 0.5) is 11.4 Å². The van der Waals surface area contributed by atoms with Gasteiger partial charge in [-0.2, -0.15) is 0 Å². The van der Waals surface area contributed by atoms with Crippen molar-refractivity contribution in [3.05, 3.63) is 47.3 Å². The molecule has 1 saturated heterocycles. The van der Waals surface area contributed by atoms with Gasteiger partial charge < -0.3 is 4.57 Å². The molecule has 2 aromatic rings. The van der Waals surface area contributed by atoms with E-state index in [-0.39, 0.29) is 11.7 Å². The number of aromatic nitrogens is 1. The van der Waals surface area contributed by atoms with E-state index < -0.39 is 0 Å². The van der Waals surface area contributed by atoms with Crippen molar-refractivity contribution in [2.45, 2.75) is 26.2 Å². The van der Waals surface area contributed by atoms with Gasteiger partial charge in [0.15, 0.2) is 5.78 Å². The predicted octanol–water partition coefficient (Wildman–Crippen LogP) is 2.83. The summed E-state index contributed by atoms with van der Waals surface area (Å²) in [4.78, 5) is 30.1. The molecule has 0 bridgehead atoms. The average molecular weight is 337 g/mol. The molecule has 2 aliphatic rings. The minimum atomic E-state index is 0.0413. The van der Waals surface area contributed by atoms with Crippen LogP contribution in [0.15, 0.2) is 30.5 Å². The molecule has 0 atom stereocenters. The van der Waals surface area contributed by atoms with Crippen LogP contribution in [0, 0.1) is 6.92 Å². The maximum absolute atomic E-state index is 13.3. The molecule has 1 aromatic carbocycles. The van der Waals surface area contributed by atoms with E-state index >= 15 is 0 Å². The average Bonchev–Trinajstić information content (AvgIpc) is 3.14. The second-order valence-electron chi connectivity index (χ2n) is 7.06. The number of hydrogen-bond donors (Lipinski definition) is 0. The first-order valence-electron chi connectivity index (χ1n) is 8.88. The second kappa shape index (κ2) is 6.15. The number of Topliss-reactive ketones (excluding diaryl/α,β-unsaturated/α-hetero) is 1. The number of hydrogen-bond acceptors (Lipinski definition) is 3. The summed E-state index contributed by atoms with van der Waals surface area (Å²) in [5.41, 5.74) is 4.09. The zero-order valence-electron chi connectivity index (χ0n) is 14.8. The Kier molecular flexibility index (Phi) is 3.96. The standard InChI is InChI=1S/C20H23N3O2/c1-14-12-21(2)20-17(24)11-15-7-3-4-8-16(15)23(19(14)20)18(25)13-22-9-5-6-10-22/h3-4,7-8,12H,5-6,9-11,13H2,1-2H3. The summed E-state index contributed by atoms with van der Waals surface area (Å²) in [6.07, 6.45) is 4.57. The third-order valence-corrected chi connectivity index (χ3v) is 5.22. The molecule has 25 heavy (non-hydrogen) atoms. The summed E-state index contributed by atoms with van der Waals surface area (Å²) in [5, 5.41) is 0. The van der Waals surface area contributed by atoms with E-state index in [1.807, 2.05) is 49.0 Å². The summed E-state index contributed by atoms with van der Waals surface area (Å²) < 4.78 is 1.86. The van der Waals surface area contributed by atoms with Gasteiger partial charge in [0.05, 0.1) is 17.9 Å². The lowest BCUT2D eigenvalue weighted by Crippen LogP contribution is -2.37. The topological polar surface area (TPSA) is 45.6 Å². The number of benzene rings is 1. The van der Waals surface area contributed by atoms with Gasteiger partial charge in [-0.15, -0.1) is 0 Å². The highest BCUT2D eigenvalue weighted by atomic mass is 16.2. The molecule has 3 heterocycles. The van der Waals surface area contributed by atoms with Crippen molar-refractivity contribution < 1.29 is 9.59 Å². The molecule has 130 valence electrons. The molecular formula is C20H23N3O2. The van der Waals surface area contributed by atoms with E-state index in [1.165, 1.54) is 0 Å². The van der Waals surface area contributed by atoms with Gasteiger partial charge in [-0.25, -0.2) is 0 Å². The van der Waals surface area contributed by atoms with Crippen LogP contribution in [0.25, 0.3) is 0 Å². The largest absolute Gasteiger partial charge is 0.346 e. The number of ketones is 1. The third-order valence-electron chi connectivity index (χ3n) is 5.22. The molecule has 0 aliphatic carbocycles. The van der Waals surface area contributed by atoms with Gasteiger partial charge in [0.2, 0.25) is 5.91 Å². The number of para-hydroxylation sites is 1. The number of amides is 1. The fourth-order valence-corrected chi connectivity index (χ4v) is 4.10. The summed E-state index contributed by atoms with van der Waals surface area (Å²) in [5.74, 6) is 0.106. The van der Waals surface area contributed by atoms with E-state index in [0.717, 1.165) is 48.4 Å². The van der Waals surface area contributed by atoms with Gasteiger partial charge in [0.1, 0.15) is 5.69 Å². The maximum atomic E-state index is 13.3. The smallest absolute Gasteiger partial charge is 0.245 e. The van der Waals surface area contributed by atoms with Crippen LogP contribution in [0.1, 0.15) is 34.5 Å². The lowest BCUT2D eigenvalue weighted by molar-refractivity contribution is -0.118. The molecule has 2 aliphatic heterocycles. The maximum Gasteiger partial charge on any atom is 0.245 e. The molecular weight excluding hydrogens is 314 g/mol. The van der Waals surface area contributed by atoms with E-state index in [1.54, 1.807) is 4.90 Å². The van der Waals surface area contributed by atoms with Gasteiger partial charge in [-0.05, 0) is 50.0 Å². The molecule has 5 nitrogen and oxygen atoms in total. The Hall–Kier alpha value is -2.40. The number of nitrogens with zero attached hydrogens (tertiary/aromatic N) is 3. The van der Waals surface area contributed by atoms with Gasteiger partial charge in [0, 0.05) is 19.7 Å². The third kappa shape index (κ3) is 2.68. The van der Waals surface area contributed by atoms with Crippen LogP contribution in [0.5, 0.6) is 0 Å². The summed E-state index contributed by atoms with van der Waals surface area (Å²) >= 11 is 0. The SMILES string of the molecule is Cc1cn(C)c2c1N(C(=O)CN1CCCC1)c1ccccc1CC2=O. The number of carbonyl (C=O) groups excluding carboxylic acids is 2. The number of rotatable bonds is 2. The minimum Gasteiger partial charge on any atom is -0.346 e. The summed E-state index contributed by atoms with van der Waals surface area (Å²) in [6.45, 7) is 4.31. The van der Waals surface area contributed by atoms with Gasteiger partial charge >= 0.3 is 0 Å². The number of likely N-dealkylation sites (tertiary alicyclic amines) is 1. The van der Waals surface area contributed by atoms with Crippen molar-refractivity contribution in [2.24, 2.45) is 7.05 Å². The monoisotopic (exact) mass is 337 g/mol. The Morgan fingerprint density at radius 3 is 2.64 bits per heavy atom. The van der Waals surface area contributed by atoms with Gasteiger partial charge in [-0.1, -0.05) is 18.2 Å². The Morgan fingerprint density at radius 1 is 1.16 bits per heavy atom. The number of aryl methyl sites for hydroxylation is 2. The van der Waals surface area contributed by atoms with Crippen LogP contribution in [-0.2, 0) is 18.3 Å². The Labute approximate surface area is 147 Å². The number of fused-ring (bicyclic) bond motifs is 2. The molecule has 0 N–H and O–H groups in total. The Morgan fingerprint density at radius 2 is 1.88 bits per heavy atom. The molecule has 1 amide bonds. The molecule has 4 rings (SSSR count). The molecule has 0 saturated carbocycles. The van der Waals surface area contributed by atoms with Crippen molar-refractivity contribution in [2.75, 3.05) is 24.5 Å². The number of carbonyl (C=O) groups is 2. The van der Waals surface area contributed by atoms with Crippen molar-refractivity contribution in [3.63, 3.8) is 0 Å². The van der Waals surface area contributed by atoms with Crippen LogP contribution in [-0.4, -0.2) is 40.8 Å². The van der Waals surface area contributed by atoms with Gasteiger partial charge in [0.25, 0.3) is 0 Å². The zero-order chi connectivity index (χ0) is 17.6. The predicted molar refractivity (Wildman–Crippen MR) is 97.4 cm³/mol. The first-order chi connectivity index (χ1) is 12.1. The lowest BCUT2D eigenvalue weighted by Gasteiger charge is -2.26. The quantitative estimate of drug-likeness (QED) is 0.846. The minimum absolute atomic E-state index is 0.0413. The van der Waals surface area contributed by atoms with Crippen LogP contribution >= 0.6 is 0 Å². The van der Waals surface area contributed by atoms with Crippen molar-refractivity contribution in [1.29, 1.82) is 0 Å². The normalized spacial score (nSPS) is 17.4. The van der Waals surface area contributed by atoms with E-state index in [9.17, 15) is 9.59 Å². The van der Waals surface area contributed by atoms with E-state index in [2.05, 4.69) is 4.90 Å². The fourth-order valence-electron chi connectivity index (χ4n) is 4.10. The molecule has 0 radical (unpaired) electrons. The molecule has 5 heteroatoms. The molecule has 1 fully saturated rings. The van der Waals surface area contributed by atoms with Crippen molar-refractivity contribution >= 4 is 23.1 Å². The van der Waals surface area contributed by atoms with Crippen molar-refractivity contribution in [1.82, 2.24) is 9.47 Å².